The minimum Gasteiger partial charge on any atom is -0.405 e. The number of nitrogens with zero attached hydrogens (tertiary/aromatic N) is 2. The maximum atomic E-state index is 12.7. The van der Waals surface area contributed by atoms with Crippen LogP contribution in [-0.4, -0.2) is 68.8 Å². The van der Waals surface area contributed by atoms with Crippen molar-refractivity contribution in [1.82, 2.24) is 10.2 Å². The van der Waals surface area contributed by atoms with Crippen molar-refractivity contribution in [3.8, 4) is 5.75 Å². The number of guanidine groups is 1. The van der Waals surface area contributed by atoms with Crippen molar-refractivity contribution < 1.29 is 27.4 Å². The van der Waals surface area contributed by atoms with Crippen LogP contribution in [0.2, 0.25) is 0 Å². The summed E-state index contributed by atoms with van der Waals surface area (Å²) in [6.45, 7) is 3.17. The Morgan fingerprint density at radius 3 is 2.62 bits per heavy atom. The lowest BCUT2D eigenvalue weighted by Crippen LogP contribution is -2.48. The molecular weight excluding hydrogens is 538 g/mol. The van der Waals surface area contributed by atoms with Gasteiger partial charge in [-0.2, -0.15) is 0 Å². The summed E-state index contributed by atoms with van der Waals surface area (Å²) in [5.41, 5.74) is 0.578. The van der Waals surface area contributed by atoms with Crippen LogP contribution in [0, 0.1) is 0 Å². The summed E-state index contributed by atoms with van der Waals surface area (Å²) >= 11 is 0. The molecule has 3 aliphatic rings. The van der Waals surface area contributed by atoms with Crippen molar-refractivity contribution in [2.24, 2.45) is 4.99 Å². The molecule has 1 aromatic rings. The number of halogens is 4. The molecule has 2 saturated heterocycles. The lowest BCUT2D eigenvalue weighted by atomic mass is 10.1. The maximum absolute atomic E-state index is 12.7. The Kier molecular flexibility index (Phi) is 8.90. The van der Waals surface area contributed by atoms with Gasteiger partial charge in [0.1, 0.15) is 5.75 Å². The van der Waals surface area contributed by atoms with E-state index in [-0.39, 0.29) is 53.9 Å². The quantitative estimate of drug-likeness (QED) is 0.315. The van der Waals surface area contributed by atoms with E-state index < -0.39 is 6.36 Å². The van der Waals surface area contributed by atoms with Gasteiger partial charge >= 0.3 is 6.36 Å². The number of aliphatic imine (C=N–C) groups is 1. The van der Waals surface area contributed by atoms with Crippen LogP contribution in [0.25, 0.3) is 0 Å². The normalized spacial score (nSPS) is 26.6. The highest BCUT2D eigenvalue weighted by molar-refractivity contribution is 14.0. The van der Waals surface area contributed by atoms with E-state index in [9.17, 15) is 13.2 Å². The third-order valence-electron chi connectivity index (χ3n) is 6.14. The highest BCUT2D eigenvalue weighted by Gasteiger charge is 2.43. The Labute approximate surface area is 203 Å². The Morgan fingerprint density at radius 1 is 1.22 bits per heavy atom. The number of rotatable bonds is 6. The van der Waals surface area contributed by atoms with Gasteiger partial charge in [0.15, 0.2) is 5.96 Å². The van der Waals surface area contributed by atoms with E-state index in [4.69, 9.17) is 9.47 Å². The fourth-order valence-electron chi connectivity index (χ4n) is 4.42. The first-order valence-corrected chi connectivity index (χ1v) is 11.0. The summed E-state index contributed by atoms with van der Waals surface area (Å²) in [5, 5.41) is 3.42. The fourth-order valence-corrected chi connectivity index (χ4v) is 4.42. The average Bonchev–Trinajstić information content (AvgIpc) is 3.30. The second-order valence-corrected chi connectivity index (χ2v) is 8.38. The minimum absolute atomic E-state index is 0. The molecule has 180 valence electrons. The highest BCUT2D eigenvalue weighted by Crippen LogP contribution is 2.45. The van der Waals surface area contributed by atoms with Crippen molar-refractivity contribution in [3.05, 3.63) is 29.8 Å². The van der Waals surface area contributed by atoms with Gasteiger partial charge in [0.05, 0.1) is 18.8 Å². The van der Waals surface area contributed by atoms with E-state index in [1.54, 1.807) is 25.2 Å². The van der Waals surface area contributed by atoms with E-state index in [0.717, 1.165) is 57.8 Å². The largest absolute Gasteiger partial charge is 0.573 e. The molecule has 1 aromatic carbocycles. The molecule has 3 unspecified atom stereocenters. The SMILES string of the molecule is CN=C(NC1CC1c1ccccc1OC(F)(F)F)N1CCC(OCC2CCCO2)CC1.I. The van der Waals surface area contributed by atoms with Gasteiger partial charge in [-0.05, 0) is 43.7 Å². The van der Waals surface area contributed by atoms with E-state index in [0.29, 0.717) is 12.2 Å². The summed E-state index contributed by atoms with van der Waals surface area (Å²) in [6, 6.07) is 6.41. The number of likely N-dealkylation sites (tertiary alicyclic amines) is 1. The van der Waals surface area contributed by atoms with E-state index in [1.807, 2.05) is 0 Å². The lowest BCUT2D eigenvalue weighted by Gasteiger charge is -2.34. The van der Waals surface area contributed by atoms with Crippen LogP contribution < -0.4 is 10.1 Å². The molecule has 2 heterocycles. The number of piperidine rings is 1. The molecule has 3 atom stereocenters. The molecule has 1 aliphatic carbocycles. The van der Waals surface area contributed by atoms with E-state index >= 15 is 0 Å². The number of hydrogen-bond acceptors (Lipinski definition) is 4. The maximum Gasteiger partial charge on any atom is 0.573 e. The number of nitrogens with one attached hydrogen (secondary N) is 1. The molecule has 0 amide bonds. The minimum atomic E-state index is -4.69. The Hall–Kier alpha value is -1.27. The first-order valence-electron chi connectivity index (χ1n) is 11.0. The van der Waals surface area contributed by atoms with Crippen molar-refractivity contribution in [3.63, 3.8) is 0 Å². The van der Waals surface area contributed by atoms with Gasteiger partial charge in [-0.25, -0.2) is 0 Å². The van der Waals surface area contributed by atoms with Crippen molar-refractivity contribution in [2.45, 2.75) is 62.6 Å². The van der Waals surface area contributed by atoms with Crippen molar-refractivity contribution in [1.29, 1.82) is 0 Å². The summed E-state index contributed by atoms with van der Waals surface area (Å²) in [7, 11) is 1.74. The van der Waals surface area contributed by atoms with Crippen molar-refractivity contribution in [2.75, 3.05) is 33.4 Å². The van der Waals surface area contributed by atoms with Crippen LogP contribution in [0.3, 0.4) is 0 Å². The van der Waals surface area contributed by atoms with Gasteiger partial charge in [-0.3, -0.25) is 4.99 Å². The molecule has 0 radical (unpaired) electrons. The van der Waals surface area contributed by atoms with E-state index in [1.165, 1.54) is 6.07 Å². The van der Waals surface area contributed by atoms with Gasteiger partial charge < -0.3 is 24.4 Å². The fraction of sp³-hybridized carbons (Fsp3) is 0.682. The first-order chi connectivity index (χ1) is 14.9. The number of alkyl halides is 3. The first kappa shape index (κ1) is 25.4. The van der Waals surface area contributed by atoms with Gasteiger partial charge in [0, 0.05) is 38.7 Å². The molecule has 32 heavy (non-hydrogen) atoms. The van der Waals surface area contributed by atoms with Crippen LogP contribution in [0.4, 0.5) is 13.2 Å². The molecule has 0 spiro atoms. The summed E-state index contributed by atoms with van der Waals surface area (Å²) in [5.74, 6) is 0.644. The third-order valence-corrected chi connectivity index (χ3v) is 6.14. The molecule has 3 fully saturated rings. The van der Waals surface area contributed by atoms with E-state index in [2.05, 4.69) is 19.9 Å². The summed E-state index contributed by atoms with van der Waals surface area (Å²) < 4.78 is 54.0. The van der Waals surface area contributed by atoms with Crippen LogP contribution in [0.1, 0.15) is 43.6 Å². The molecule has 0 bridgehead atoms. The third kappa shape index (κ3) is 6.86. The van der Waals surface area contributed by atoms with Gasteiger partial charge in [0.25, 0.3) is 0 Å². The molecular formula is C22H31F3IN3O3. The lowest BCUT2D eigenvalue weighted by molar-refractivity contribution is -0.274. The van der Waals surface area contributed by atoms with Gasteiger partial charge in [-0.1, -0.05) is 18.2 Å². The Balaban J connectivity index is 0.00000289. The zero-order chi connectivity index (χ0) is 21.8. The average molecular weight is 569 g/mol. The molecule has 1 N–H and O–H groups in total. The zero-order valence-electron chi connectivity index (χ0n) is 18.1. The van der Waals surface area contributed by atoms with Crippen LogP contribution in [-0.2, 0) is 9.47 Å². The number of benzene rings is 1. The molecule has 10 heteroatoms. The monoisotopic (exact) mass is 569 g/mol. The van der Waals surface area contributed by atoms with Crippen molar-refractivity contribution >= 4 is 29.9 Å². The predicted molar refractivity (Wildman–Crippen MR) is 126 cm³/mol. The number of ether oxygens (including phenoxy) is 3. The Bertz CT molecular complexity index is 766. The van der Waals surface area contributed by atoms with Crippen LogP contribution in [0.15, 0.2) is 29.3 Å². The van der Waals surface area contributed by atoms with Crippen LogP contribution >= 0.6 is 24.0 Å². The highest BCUT2D eigenvalue weighted by atomic mass is 127. The predicted octanol–water partition coefficient (Wildman–Crippen LogP) is 4.29. The summed E-state index contributed by atoms with van der Waals surface area (Å²) in [6.07, 6.45) is 0.562. The second kappa shape index (κ2) is 11.2. The summed E-state index contributed by atoms with van der Waals surface area (Å²) in [4.78, 5) is 6.59. The number of hydrogen-bond donors (Lipinski definition) is 1. The molecule has 6 nitrogen and oxygen atoms in total. The zero-order valence-corrected chi connectivity index (χ0v) is 20.5. The second-order valence-electron chi connectivity index (χ2n) is 8.38. The molecule has 1 saturated carbocycles. The molecule has 0 aromatic heterocycles. The van der Waals surface area contributed by atoms with Gasteiger partial charge in [-0.15, -0.1) is 37.1 Å². The Morgan fingerprint density at radius 2 is 1.97 bits per heavy atom. The smallest absolute Gasteiger partial charge is 0.405 e. The molecule has 4 rings (SSSR count). The number of para-hydroxylation sites is 1. The van der Waals surface area contributed by atoms with Gasteiger partial charge in [0.2, 0.25) is 0 Å². The topological polar surface area (TPSA) is 55.3 Å². The van der Waals surface area contributed by atoms with Crippen LogP contribution in [0.5, 0.6) is 5.75 Å². The molecule has 2 aliphatic heterocycles. The standard InChI is InChI=1S/C22H30F3N3O3.HI/c1-26-21(28-10-8-15(9-11-28)30-14-16-5-4-12-29-16)27-19-13-18(19)17-6-2-3-7-20(17)31-22(23,24)25;/h2-3,6-7,15-16,18-19H,4-5,8-14H2,1H3,(H,26,27);1H.